The first-order valence-corrected chi connectivity index (χ1v) is 7.89. The van der Waals surface area contributed by atoms with Crippen LogP contribution in [0.2, 0.25) is 0 Å². The lowest BCUT2D eigenvalue weighted by molar-refractivity contribution is -0.124. The molecule has 23 heavy (non-hydrogen) atoms. The van der Waals surface area contributed by atoms with Crippen molar-refractivity contribution in [3.8, 4) is 0 Å². The molecule has 2 heterocycles. The molecule has 2 aliphatic rings. The SMILES string of the molecule is CC1CC(C)CN(CC(C)NC(=O)C2CC(F)(F)CN2)C1.Cl.Cl. The van der Waals surface area contributed by atoms with E-state index < -0.39 is 24.9 Å². The van der Waals surface area contributed by atoms with E-state index >= 15 is 0 Å². The molecule has 1 amide bonds. The van der Waals surface area contributed by atoms with Crippen molar-refractivity contribution in [3.63, 3.8) is 0 Å². The van der Waals surface area contributed by atoms with Crippen molar-refractivity contribution < 1.29 is 13.6 Å². The minimum absolute atomic E-state index is 0. The highest BCUT2D eigenvalue weighted by atomic mass is 35.5. The molecule has 2 N–H and O–H groups in total. The second-order valence-electron chi connectivity index (χ2n) is 7.07. The largest absolute Gasteiger partial charge is 0.351 e. The van der Waals surface area contributed by atoms with E-state index in [2.05, 4.69) is 29.4 Å². The predicted octanol–water partition coefficient (Wildman–Crippen LogP) is 2.31. The first-order chi connectivity index (χ1) is 9.75. The van der Waals surface area contributed by atoms with Crippen LogP contribution in [0.15, 0.2) is 0 Å². The quantitative estimate of drug-likeness (QED) is 0.792. The monoisotopic (exact) mass is 375 g/mol. The van der Waals surface area contributed by atoms with Gasteiger partial charge in [0.1, 0.15) is 0 Å². The Hall–Kier alpha value is -0.170. The van der Waals surface area contributed by atoms with Crippen LogP contribution in [0.3, 0.4) is 0 Å². The Morgan fingerprint density at radius 3 is 2.35 bits per heavy atom. The topological polar surface area (TPSA) is 44.4 Å². The maximum atomic E-state index is 13.1. The maximum absolute atomic E-state index is 13.1. The number of piperidine rings is 1. The van der Waals surface area contributed by atoms with Gasteiger partial charge >= 0.3 is 0 Å². The fourth-order valence-electron chi connectivity index (χ4n) is 3.62. The third kappa shape index (κ3) is 7.08. The molecule has 0 bridgehead atoms. The molecule has 4 unspecified atom stereocenters. The van der Waals surface area contributed by atoms with Gasteiger partial charge in [-0.1, -0.05) is 13.8 Å². The minimum Gasteiger partial charge on any atom is -0.351 e. The van der Waals surface area contributed by atoms with Crippen LogP contribution in [-0.4, -0.2) is 55.0 Å². The summed E-state index contributed by atoms with van der Waals surface area (Å²) in [5, 5.41) is 5.45. The molecule has 2 rings (SSSR count). The van der Waals surface area contributed by atoms with E-state index in [-0.39, 0.29) is 36.8 Å². The third-order valence-electron chi connectivity index (χ3n) is 4.29. The summed E-state index contributed by atoms with van der Waals surface area (Å²) in [6, 6.07) is -0.785. The van der Waals surface area contributed by atoms with Gasteiger partial charge in [0.25, 0.3) is 5.92 Å². The van der Waals surface area contributed by atoms with E-state index in [0.717, 1.165) is 19.6 Å². The molecule has 8 heteroatoms. The van der Waals surface area contributed by atoms with Gasteiger partial charge < -0.3 is 10.2 Å². The predicted molar refractivity (Wildman–Crippen MR) is 92.8 cm³/mol. The zero-order valence-corrected chi connectivity index (χ0v) is 15.6. The molecule has 0 radical (unpaired) electrons. The summed E-state index contributed by atoms with van der Waals surface area (Å²) in [5.41, 5.74) is 0. The molecule has 0 aliphatic carbocycles. The van der Waals surface area contributed by atoms with Crippen LogP contribution in [-0.2, 0) is 4.79 Å². The van der Waals surface area contributed by atoms with Gasteiger partial charge in [0.05, 0.1) is 12.6 Å². The molecule has 0 aromatic carbocycles. The molecule has 2 aliphatic heterocycles. The van der Waals surface area contributed by atoms with Crippen LogP contribution in [0.5, 0.6) is 0 Å². The Labute approximate surface area is 149 Å². The molecule has 4 nitrogen and oxygen atoms in total. The number of halogens is 4. The van der Waals surface area contributed by atoms with E-state index in [1.807, 2.05) is 6.92 Å². The van der Waals surface area contributed by atoms with Crippen LogP contribution in [0.1, 0.15) is 33.6 Å². The van der Waals surface area contributed by atoms with E-state index in [1.165, 1.54) is 6.42 Å². The number of nitrogens with one attached hydrogen (secondary N) is 2. The second kappa shape index (κ2) is 9.35. The van der Waals surface area contributed by atoms with E-state index in [1.54, 1.807) is 0 Å². The number of carbonyl (C=O) groups excluding carboxylic acids is 1. The molecular formula is C15H29Cl2F2N3O. The van der Waals surface area contributed by atoms with Crippen molar-refractivity contribution in [2.45, 2.75) is 51.6 Å². The van der Waals surface area contributed by atoms with E-state index in [9.17, 15) is 13.6 Å². The number of rotatable bonds is 4. The van der Waals surface area contributed by atoms with Crippen LogP contribution in [0.25, 0.3) is 0 Å². The Bertz CT molecular complexity index is 378. The fraction of sp³-hybridized carbons (Fsp3) is 0.933. The number of likely N-dealkylation sites (tertiary alicyclic amines) is 1. The first kappa shape index (κ1) is 22.8. The van der Waals surface area contributed by atoms with Crippen molar-refractivity contribution in [2.24, 2.45) is 11.8 Å². The molecule has 2 saturated heterocycles. The highest BCUT2D eigenvalue weighted by molar-refractivity contribution is 5.85. The molecule has 2 fully saturated rings. The van der Waals surface area contributed by atoms with Crippen molar-refractivity contribution in [3.05, 3.63) is 0 Å². The van der Waals surface area contributed by atoms with Gasteiger partial charge in [-0.2, -0.15) is 0 Å². The summed E-state index contributed by atoms with van der Waals surface area (Å²) in [5.74, 6) is -1.72. The molecule has 0 aromatic heterocycles. The standard InChI is InChI=1S/C15H27F2N3O.2ClH/c1-10-4-11(2)7-20(6-10)8-12(3)19-14(21)13-5-15(16,17)9-18-13;;/h10-13,18H,4-9H2,1-3H3,(H,19,21);2*1H. The highest BCUT2D eigenvalue weighted by Gasteiger charge is 2.42. The Morgan fingerprint density at radius 2 is 1.87 bits per heavy atom. The van der Waals surface area contributed by atoms with Gasteiger partial charge in [0.2, 0.25) is 5.91 Å². The molecule has 4 atom stereocenters. The van der Waals surface area contributed by atoms with Crippen LogP contribution in [0, 0.1) is 11.8 Å². The van der Waals surface area contributed by atoms with E-state index in [4.69, 9.17) is 0 Å². The highest BCUT2D eigenvalue weighted by Crippen LogP contribution is 2.25. The van der Waals surface area contributed by atoms with Crippen LogP contribution >= 0.6 is 24.8 Å². The summed E-state index contributed by atoms with van der Waals surface area (Å²) in [6.07, 6.45) is 0.849. The number of carbonyl (C=O) groups is 1. The van der Waals surface area contributed by atoms with Gasteiger partial charge in [-0.3, -0.25) is 10.1 Å². The number of amides is 1. The van der Waals surface area contributed by atoms with Crippen molar-refractivity contribution in [2.75, 3.05) is 26.2 Å². The number of hydrogen-bond donors (Lipinski definition) is 2. The number of alkyl halides is 2. The minimum atomic E-state index is -2.76. The first-order valence-electron chi connectivity index (χ1n) is 7.89. The summed E-state index contributed by atoms with van der Waals surface area (Å²) in [4.78, 5) is 14.3. The van der Waals surface area contributed by atoms with E-state index in [0.29, 0.717) is 11.8 Å². The van der Waals surface area contributed by atoms with Gasteiger partial charge in [-0.15, -0.1) is 24.8 Å². The lowest BCUT2D eigenvalue weighted by Crippen LogP contribution is -2.50. The zero-order chi connectivity index (χ0) is 15.6. The van der Waals surface area contributed by atoms with Gasteiger partial charge in [0.15, 0.2) is 0 Å². The average molecular weight is 376 g/mol. The van der Waals surface area contributed by atoms with Gasteiger partial charge in [-0.05, 0) is 25.2 Å². The lowest BCUT2D eigenvalue weighted by atomic mass is 9.92. The molecule has 0 spiro atoms. The summed E-state index contributed by atoms with van der Waals surface area (Å²) in [7, 11) is 0. The number of hydrogen-bond acceptors (Lipinski definition) is 3. The van der Waals surface area contributed by atoms with Gasteiger partial charge in [-0.25, -0.2) is 8.78 Å². The smallest absolute Gasteiger partial charge is 0.262 e. The van der Waals surface area contributed by atoms with Gasteiger partial charge in [0, 0.05) is 32.1 Å². The van der Waals surface area contributed by atoms with Crippen molar-refractivity contribution in [1.82, 2.24) is 15.5 Å². The molecular weight excluding hydrogens is 347 g/mol. The fourth-order valence-corrected chi connectivity index (χ4v) is 3.62. The van der Waals surface area contributed by atoms with Crippen molar-refractivity contribution in [1.29, 1.82) is 0 Å². The summed E-state index contributed by atoms with van der Waals surface area (Å²) < 4.78 is 26.2. The average Bonchev–Trinajstić information content (AvgIpc) is 2.68. The summed E-state index contributed by atoms with van der Waals surface area (Å²) in [6.45, 7) is 8.90. The normalized spacial score (nSPS) is 31.6. The third-order valence-corrected chi connectivity index (χ3v) is 4.29. The Kier molecular flexibility index (Phi) is 9.28. The molecule has 0 saturated carbocycles. The number of nitrogens with zero attached hydrogens (tertiary/aromatic N) is 1. The van der Waals surface area contributed by atoms with Crippen molar-refractivity contribution >= 4 is 30.7 Å². The lowest BCUT2D eigenvalue weighted by Gasteiger charge is -2.36. The molecule has 138 valence electrons. The maximum Gasteiger partial charge on any atom is 0.262 e. The molecule has 0 aromatic rings. The Morgan fingerprint density at radius 1 is 1.30 bits per heavy atom. The van der Waals surface area contributed by atoms with Crippen LogP contribution in [0.4, 0.5) is 8.78 Å². The second-order valence-corrected chi connectivity index (χ2v) is 7.07. The van der Waals surface area contributed by atoms with Crippen LogP contribution < -0.4 is 10.6 Å². The zero-order valence-electron chi connectivity index (χ0n) is 14.0. The summed E-state index contributed by atoms with van der Waals surface area (Å²) >= 11 is 0. The Balaban J connectivity index is 0.00000242.